The highest BCUT2D eigenvalue weighted by atomic mass is 16.5. The first-order valence-corrected chi connectivity index (χ1v) is 4.22. The molecule has 0 aliphatic rings. The lowest BCUT2D eigenvalue weighted by Gasteiger charge is -1.91. The monoisotopic (exact) mass is 194 g/mol. The molecule has 2 heterocycles. The van der Waals surface area contributed by atoms with Crippen LogP contribution in [0, 0.1) is 13.8 Å². The van der Waals surface area contributed by atoms with Crippen LogP contribution in [0.1, 0.15) is 17.1 Å². The topological polar surface area (TPSA) is 72.3 Å². The smallest absolute Gasteiger partial charge is 0.141 e. The van der Waals surface area contributed by atoms with Gasteiger partial charge in [0.25, 0.3) is 0 Å². The summed E-state index contributed by atoms with van der Waals surface area (Å²) in [5, 5.41) is 16.7. The fourth-order valence-electron chi connectivity index (χ4n) is 1.26. The lowest BCUT2D eigenvalue weighted by molar-refractivity contribution is 0.278. The molecule has 5 heteroatoms. The third-order valence-corrected chi connectivity index (χ3v) is 2.01. The van der Waals surface area contributed by atoms with Crippen LogP contribution in [0.3, 0.4) is 0 Å². The Hall–Kier alpha value is -1.62. The van der Waals surface area contributed by atoms with Crippen LogP contribution in [-0.2, 0) is 6.61 Å². The standard InChI is InChI=1S/C9H10N2O3/c1-5-3-8(10-13-5)9-7(4-12)6(2)14-11-9/h3,12H,4H2,1-2H3. The molecular weight excluding hydrogens is 184 g/mol. The van der Waals surface area contributed by atoms with Crippen LogP contribution in [0.15, 0.2) is 15.1 Å². The Morgan fingerprint density at radius 2 is 2.07 bits per heavy atom. The molecule has 0 aliphatic heterocycles. The molecule has 0 bridgehead atoms. The minimum Gasteiger partial charge on any atom is -0.391 e. The highest BCUT2D eigenvalue weighted by molar-refractivity contribution is 5.58. The van der Waals surface area contributed by atoms with E-state index in [0.29, 0.717) is 28.5 Å². The Morgan fingerprint density at radius 3 is 2.64 bits per heavy atom. The number of hydrogen-bond acceptors (Lipinski definition) is 5. The first-order valence-electron chi connectivity index (χ1n) is 4.22. The molecule has 74 valence electrons. The second-order valence-electron chi connectivity index (χ2n) is 3.05. The average Bonchev–Trinajstić information content (AvgIpc) is 2.71. The third kappa shape index (κ3) is 1.31. The molecule has 0 saturated carbocycles. The fraction of sp³-hybridized carbons (Fsp3) is 0.333. The van der Waals surface area contributed by atoms with E-state index in [0.717, 1.165) is 0 Å². The number of aliphatic hydroxyl groups excluding tert-OH is 1. The summed E-state index contributed by atoms with van der Waals surface area (Å²) in [6, 6.07) is 1.75. The maximum Gasteiger partial charge on any atom is 0.141 e. The first kappa shape index (κ1) is 8.96. The maximum absolute atomic E-state index is 9.10. The van der Waals surface area contributed by atoms with E-state index < -0.39 is 0 Å². The van der Waals surface area contributed by atoms with Gasteiger partial charge in [-0.1, -0.05) is 10.3 Å². The number of aliphatic hydroxyl groups is 1. The summed E-state index contributed by atoms with van der Waals surface area (Å²) in [5.74, 6) is 1.30. The Kier molecular flexibility index (Phi) is 2.09. The number of hydrogen-bond donors (Lipinski definition) is 1. The van der Waals surface area contributed by atoms with Gasteiger partial charge in [-0.3, -0.25) is 0 Å². The van der Waals surface area contributed by atoms with Gasteiger partial charge in [0.2, 0.25) is 0 Å². The van der Waals surface area contributed by atoms with Gasteiger partial charge in [0.05, 0.1) is 6.61 Å². The quantitative estimate of drug-likeness (QED) is 0.783. The third-order valence-electron chi connectivity index (χ3n) is 2.01. The van der Waals surface area contributed by atoms with Crippen molar-refractivity contribution < 1.29 is 14.2 Å². The second kappa shape index (κ2) is 3.26. The molecule has 0 aromatic carbocycles. The number of nitrogens with zero attached hydrogens (tertiary/aromatic N) is 2. The van der Waals surface area contributed by atoms with Crippen LogP contribution < -0.4 is 0 Å². The van der Waals surface area contributed by atoms with Crippen molar-refractivity contribution in [2.45, 2.75) is 20.5 Å². The zero-order chi connectivity index (χ0) is 10.1. The Balaban J connectivity index is 2.51. The molecule has 5 nitrogen and oxygen atoms in total. The van der Waals surface area contributed by atoms with Gasteiger partial charge in [0.1, 0.15) is 22.9 Å². The first-order chi connectivity index (χ1) is 6.72. The van der Waals surface area contributed by atoms with Crippen LogP contribution in [0.2, 0.25) is 0 Å². The molecule has 2 aromatic rings. The van der Waals surface area contributed by atoms with Crippen LogP contribution in [0.25, 0.3) is 11.4 Å². The summed E-state index contributed by atoms with van der Waals surface area (Å²) < 4.78 is 9.87. The van der Waals surface area contributed by atoms with Gasteiger partial charge in [0, 0.05) is 11.6 Å². The summed E-state index contributed by atoms with van der Waals surface area (Å²) in [5.41, 5.74) is 1.78. The van der Waals surface area contributed by atoms with E-state index in [4.69, 9.17) is 14.2 Å². The molecule has 2 aromatic heterocycles. The van der Waals surface area contributed by atoms with E-state index in [9.17, 15) is 0 Å². The van der Waals surface area contributed by atoms with Crippen molar-refractivity contribution >= 4 is 0 Å². The molecule has 1 N–H and O–H groups in total. The van der Waals surface area contributed by atoms with E-state index in [-0.39, 0.29) is 6.61 Å². The summed E-state index contributed by atoms with van der Waals surface area (Å²) in [4.78, 5) is 0. The molecule has 14 heavy (non-hydrogen) atoms. The van der Waals surface area contributed by atoms with Gasteiger partial charge in [-0.15, -0.1) is 0 Å². The molecule has 0 amide bonds. The van der Waals surface area contributed by atoms with Crippen LogP contribution in [0.5, 0.6) is 0 Å². The Morgan fingerprint density at radius 1 is 1.29 bits per heavy atom. The largest absolute Gasteiger partial charge is 0.391 e. The molecular formula is C9H10N2O3. The van der Waals surface area contributed by atoms with E-state index in [2.05, 4.69) is 10.3 Å². The lowest BCUT2D eigenvalue weighted by atomic mass is 10.1. The van der Waals surface area contributed by atoms with Crippen molar-refractivity contribution in [1.82, 2.24) is 10.3 Å². The maximum atomic E-state index is 9.10. The Bertz CT molecular complexity index is 445. The molecule has 2 rings (SSSR count). The fourth-order valence-corrected chi connectivity index (χ4v) is 1.26. The molecule has 0 atom stereocenters. The van der Waals surface area contributed by atoms with Crippen molar-refractivity contribution in [3.05, 3.63) is 23.2 Å². The highest BCUT2D eigenvalue weighted by Crippen LogP contribution is 2.24. The number of aryl methyl sites for hydroxylation is 2. The van der Waals surface area contributed by atoms with Crippen molar-refractivity contribution in [1.29, 1.82) is 0 Å². The average molecular weight is 194 g/mol. The summed E-state index contributed by atoms with van der Waals surface area (Å²) in [6.07, 6.45) is 0. The van der Waals surface area contributed by atoms with Crippen molar-refractivity contribution in [2.24, 2.45) is 0 Å². The molecule has 0 radical (unpaired) electrons. The van der Waals surface area contributed by atoms with Crippen LogP contribution in [0.4, 0.5) is 0 Å². The lowest BCUT2D eigenvalue weighted by Crippen LogP contribution is -1.87. The number of rotatable bonds is 2. The van der Waals surface area contributed by atoms with Crippen molar-refractivity contribution in [3.63, 3.8) is 0 Å². The van der Waals surface area contributed by atoms with Gasteiger partial charge >= 0.3 is 0 Å². The highest BCUT2D eigenvalue weighted by Gasteiger charge is 2.16. The van der Waals surface area contributed by atoms with Gasteiger partial charge < -0.3 is 14.2 Å². The van der Waals surface area contributed by atoms with Crippen LogP contribution in [-0.4, -0.2) is 15.4 Å². The Labute approximate surface area is 80.3 Å². The second-order valence-corrected chi connectivity index (χ2v) is 3.05. The molecule has 0 aliphatic carbocycles. The van der Waals surface area contributed by atoms with Crippen molar-refractivity contribution in [3.8, 4) is 11.4 Å². The van der Waals surface area contributed by atoms with E-state index in [1.807, 2.05) is 0 Å². The van der Waals surface area contributed by atoms with Gasteiger partial charge in [-0.2, -0.15) is 0 Å². The van der Waals surface area contributed by atoms with Crippen LogP contribution >= 0.6 is 0 Å². The predicted molar refractivity (Wildman–Crippen MR) is 47.4 cm³/mol. The SMILES string of the molecule is Cc1cc(-c2noc(C)c2CO)no1. The van der Waals surface area contributed by atoms with E-state index in [1.54, 1.807) is 19.9 Å². The minimum atomic E-state index is -0.115. The molecule has 0 spiro atoms. The number of aromatic nitrogens is 2. The predicted octanol–water partition coefficient (Wildman–Crippen LogP) is 1.44. The molecule has 0 saturated heterocycles. The van der Waals surface area contributed by atoms with E-state index in [1.165, 1.54) is 0 Å². The van der Waals surface area contributed by atoms with E-state index >= 15 is 0 Å². The van der Waals surface area contributed by atoms with Gasteiger partial charge in [0.15, 0.2) is 0 Å². The zero-order valence-electron chi connectivity index (χ0n) is 7.94. The zero-order valence-corrected chi connectivity index (χ0v) is 7.94. The summed E-state index contributed by atoms with van der Waals surface area (Å²) in [7, 11) is 0. The summed E-state index contributed by atoms with van der Waals surface area (Å²) in [6.45, 7) is 3.42. The molecule has 0 fully saturated rings. The molecule has 0 unspecified atom stereocenters. The minimum absolute atomic E-state index is 0.115. The van der Waals surface area contributed by atoms with Gasteiger partial charge in [-0.25, -0.2) is 0 Å². The normalized spacial score (nSPS) is 10.8. The van der Waals surface area contributed by atoms with Gasteiger partial charge in [-0.05, 0) is 13.8 Å². The van der Waals surface area contributed by atoms with Crippen molar-refractivity contribution in [2.75, 3.05) is 0 Å². The summed E-state index contributed by atoms with van der Waals surface area (Å²) >= 11 is 0.